The van der Waals surface area contributed by atoms with E-state index in [-0.39, 0.29) is 16.9 Å². The molecule has 31 heavy (non-hydrogen) atoms. The fourth-order valence-electron chi connectivity index (χ4n) is 2.64. The summed E-state index contributed by atoms with van der Waals surface area (Å²) in [5.41, 5.74) is 1.72. The Balaban J connectivity index is 1.57. The van der Waals surface area contributed by atoms with E-state index in [4.69, 9.17) is 17.0 Å². The van der Waals surface area contributed by atoms with Crippen molar-refractivity contribution in [3.05, 3.63) is 103 Å². The van der Waals surface area contributed by atoms with E-state index in [1.165, 1.54) is 0 Å². The lowest BCUT2D eigenvalue weighted by atomic mass is 10.2. The van der Waals surface area contributed by atoms with Crippen LogP contribution in [0.15, 0.2) is 91.5 Å². The van der Waals surface area contributed by atoms with Crippen molar-refractivity contribution in [2.75, 3.05) is 11.9 Å². The van der Waals surface area contributed by atoms with Crippen LogP contribution in [0, 0.1) is 0 Å². The van der Waals surface area contributed by atoms with Gasteiger partial charge in [0, 0.05) is 23.4 Å². The number of hydrogen-bond acceptors (Lipinski definition) is 4. The largest absolute Gasteiger partial charge is 0.457 e. The average Bonchev–Trinajstić information content (AvgIpc) is 2.79. The van der Waals surface area contributed by atoms with E-state index in [1.54, 1.807) is 78.9 Å². The summed E-state index contributed by atoms with van der Waals surface area (Å²) in [5.74, 6) is 0.650. The molecule has 0 saturated carbocycles. The number of ether oxygens (including phenoxy) is 1. The Labute approximate surface area is 185 Å². The van der Waals surface area contributed by atoms with Crippen molar-refractivity contribution in [2.24, 2.45) is 0 Å². The van der Waals surface area contributed by atoms with Crippen LogP contribution in [0.25, 0.3) is 0 Å². The van der Waals surface area contributed by atoms with Crippen molar-refractivity contribution in [3.8, 4) is 11.5 Å². The minimum Gasteiger partial charge on any atom is -0.457 e. The zero-order valence-corrected chi connectivity index (χ0v) is 17.4. The summed E-state index contributed by atoms with van der Waals surface area (Å²) < 4.78 is 5.83. The maximum Gasteiger partial charge on any atom is 0.257 e. The van der Waals surface area contributed by atoms with Crippen LogP contribution < -0.4 is 20.7 Å². The summed E-state index contributed by atoms with van der Waals surface area (Å²) >= 11 is 5.20. The van der Waals surface area contributed by atoms with E-state index in [1.807, 2.05) is 6.07 Å². The molecule has 0 aliphatic heterocycles. The summed E-state index contributed by atoms with van der Waals surface area (Å²) in [5, 5.41) is 8.52. The molecule has 0 bridgehead atoms. The van der Waals surface area contributed by atoms with Gasteiger partial charge < -0.3 is 15.4 Å². The fourth-order valence-corrected chi connectivity index (χ4v) is 2.85. The molecule has 3 N–H and O–H groups in total. The molecule has 0 fully saturated rings. The number of thiocarbonyl (C=S) groups is 1. The predicted octanol–water partition coefficient (Wildman–Crippen LogP) is 4.52. The number of carbonyl (C=O) groups excluding carboxylic acids is 2. The van der Waals surface area contributed by atoms with Gasteiger partial charge in [0.15, 0.2) is 5.11 Å². The lowest BCUT2D eigenvalue weighted by molar-refractivity contribution is 0.0954. The Morgan fingerprint density at radius 3 is 2.29 bits per heavy atom. The number of carbonyl (C=O) groups is 2. The molecule has 0 aliphatic carbocycles. The van der Waals surface area contributed by atoms with Crippen LogP contribution in [-0.2, 0) is 0 Å². The highest BCUT2D eigenvalue weighted by atomic mass is 32.1. The lowest BCUT2D eigenvalue weighted by Crippen LogP contribution is -2.34. The molecule has 156 valence electrons. The third-order valence-electron chi connectivity index (χ3n) is 4.11. The van der Waals surface area contributed by atoms with Crippen molar-refractivity contribution in [1.82, 2.24) is 10.6 Å². The second-order valence-electron chi connectivity index (χ2n) is 6.43. The van der Waals surface area contributed by atoms with Crippen LogP contribution in [0.2, 0.25) is 0 Å². The highest BCUT2D eigenvalue weighted by Gasteiger charge is 2.08. The average molecular weight is 432 g/mol. The van der Waals surface area contributed by atoms with Crippen LogP contribution in [0.4, 0.5) is 5.69 Å². The number of hydrogen-bond donors (Lipinski definition) is 3. The molecule has 0 saturated heterocycles. The van der Waals surface area contributed by atoms with E-state index in [9.17, 15) is 9.59 Å². The molecule has 0 heterocycles. The molecule has 3 aromatic rings. The molecule has 3 aromatic carbocycles. The maximum atomic E-state index is 12.1. The highest BCUT2D eigenvalue weighted by molar-refractivity contribution is 7.80. The molecule has 0 spiro atoms. The Kier molecular flexibility index (Phi) is 7.50. The Bertz CT molecular complexity index is 1080. The Morgan fingerprint density at radius 1 is 0.871 bits per heavy atom. The second kappa shape index (κ2) is 10.7. The van der Waals surface area contributed by atoms with E-state index in [0.29, 0.717) is 34.9 Å². The first-order chi connectivity index (χ1) is 15.0. The van der Waals surface area contributed by atoms with Gasteiger partial charge in [0.25, 0.3) is 11.8 Å². The first-order valence-electron chi connectivity index (χ1n) is 9.49. The Morgan fingerprint density at radius 2 is 1.58 bits per heavy atom. The summed E-state index contributed by atoms with van der Waals surface area (Å²) in [7, 11) is 0. The van der Waals surface area contributed by atoms with Gasteiger partial charge in [-0.05, 0) is 66.8 Å². The van der Waals surface area contributed by atoms with Gasteiger partial charge in [0.2, 0.25) is 0 Å². The monoisotopic (exact) mass is 431 g/mol. The number of benzene rings is 3. The number of rotatable bonds is 7. The SMILES string of the molecule is C=CCNC(=O)c1cccc(Oc2ccc(NC(=S)NC(=O)c3ccccc3)cc2)c1. The molecule has 0 atom stereocenters. The van der Waals surface area contributed by atoms with Crippen LogP contribution >= 0.6 is 12.2 Å². The molecular weight excluding hydrogens is 410 g/mol. The molecule has 0 unspecified atom stereocenters. The fraction of sp³-hybridized carbons (Fsp3) is 0.0417. The second-order valence-corrected chi connectivity index (χ2v) is 6.84. The third kappa shape index (κ3) is 6.52. The van der Waals surface area contributed by atoms with E-state index >= 15 is 0 Å². The van der Waals surface area contributed by atoms with Crippen molar-refractivity contribution < 1.29 is 14.3 Å². The van der Waals surface area contributed by atoms with E-state index in [2.05, 4.69) is 22.5 Å². The molecule has 0 radical (unpaired) electrons. The molecule has 0 aromatic heterocycles. The van der Waals surface area contributed by atoms with Crippen LogP contribution in [0.5, 0.6) is 11.5 Å². The number of amides is 2. The summed E-state index contributed by atoms with van der Waals surface area (Å²) in [6, 6.07) is 22.8. The Hall–Kier alpha value is -3.97. The van der Waals surface area contributed by atoms with Crippen LogP contribution in [0.3, 0.4) is 0 Å². The van der Waals surface area contributed by atoms with Crippen LogP contribution in [-0.4, -0.2) is 23.5 Å². The first-order valence-corrected chi connectivity index (χ1v) is 9.90. The third-order valence-corrected chi connectivity index (χ3v) is 4.32. The van der Waals surface area contributed by atoms with Gasteiger partial charge in [0.1, 0.15) is 11.5 Å². The molecule has 6 nitrogen and oxygen atoms in total. The van der Waals surface area contributed by atoms with Gasteiger partial charge in [-0.2, -0.15) is 0 Å². The van der Waals surface area contributed by atoms with Gasteiger partial charge in [0.05, 0.1) is 0 Å². The quantitative estimate of drug-likeness (QED) is 0.379. The van der Waals surface area contributed by atoms with Gasteiger partial charge >= 0.3 is 0 Å². The van der Waals surface area contributed by atoms with Gasteiger partial charge in [-0.3, -0.25) is 14.9 Å². The lowest BCUT2D eigenvalue weighted by Gasteiger charge is -2.11. The molecule has 7 heteroatoms. The zero-order valence-electron chi connectivity index (χ0n) is 16.6. The van der Waals surface area contributed by atoms with Gasteiger partial charge in [-0.25, -0.2) is 0 Å². The molecule has 2 amide bonds. The van der Waals surface area contributed by atoms with E-state index < -0.39 is 0 Å². The summed E-state index contributed by atoms with van der Waals surface area (Å²) in [4.78, 5) is 24.2. The predicted molar refractivity (Wildman–Crippen MR) is 126 cm³/mol. The minimum atomic E-state index is -0.282. The van der Waals surface area contributed by atoms with Gasteiger partial charge in [-0.1, -0.05) is 30.3 Å². The topological polar surface area (TPSA) is 79.5 Å². The summed E-state index contributed by atoms with van der Waals surface area (Å²) in [6.07, 6.45) is 1.62. The van der Waals surface area contributed by atoms with E-state index in [0.717, 1.165) is 0 Å². The summed E-state index contributed by atoms with van der Waals surface area (Å²) in [6.45, 7) is 3.97. The standard InChI is InChI=1S/C24H21N3O3S/c1-2-15-25-22(28)18-9-6-10-21(16-18)30-20-13-11-19(12-14-20)26-24(31)27-23(29)17-7-4-3-5-8-17/h2-14,16H,1,15H2,(H,25,28)(H2,26,27,29,31). The van der Waals surface area contributed by atoms with Crippen molar-refractivity contribution in [3.63, 3.8) is 0 Å². The van der Waals surface area contributed by atoms with Gasteiger partial charge in [-0.15, -0.1) is 6.58 Å². The molecule has 0 aliphatic rings. The van der Waals surface area contributed by atoms with Crippen LogP contribution in [0.1, 0.15) is 20.7 Å². The molecule has 3 rings (SSSR count). The zero-order chi connectivity index (χ0) is 22.1. The minimum absolute atomic E-state index is 0.195. The number of nitrogens with one attached hydrogen (secondary N) is 3. The van der Waals surface area contributed by atoms with Crippen molar-refractivity contribution in [1.29, 1.82) is 0 Å². The maximum absolute atomic E-state index is 12.1. The molecular formula is C24H21N3O3S. The number of anilines is 1. The first kappa shape index (κ1) is 21.7. The normalized spacial score (nSPS) is 9.94. The van der Waals surface area contributed by atoms with Crippen molar-refractivity contribution >= 4 is 34.8 Å². The smallest absolute Gasteiger partial charge is 0.257 e. The van der Waals surface area contributed by atoms with Crippen molar-refractivity contribution in [2.45, 2.75) is 0 Å². The highest BCUT2D eigenvalue weighted by Crippen LogP contribution is 2.24.